The van der Waals surface area contributed by atoms with Crippen LogP contribution in [0.2, 0.25) is 0 Å². The molecule has 41 heavy (non-hydrogen) atoms. The molecular formula is C29H35N5O6S. The highest BCUT2D eigenvalue weighted by molar-refractivity contribution is 7.88. The molecule has 11 nitrogen and oxygen atoms in total. The van der Waals surface area contributed by atoms with Gasteiger partial charge in [-0.25, -0.2) is 13.1 Å². The molecule has 0 aliphatic heterocycles. The van der Waals surface area contributed by atoms with Gasteiger partial charge in [-0.2, -0.15) is 0 Å². The van der Waals surface area contributed by atoms with Crippen LogP contribution in [0.3, 0.4) is 0 Å². The Balaban J connectivity index is 1.70. The zero-order valence-corrected chi connectivity index (χ0v) is 23.3. The molecule has 0 spiro atoms. The van der Waals surface area contributed by atoms with Crippen molar-refractivity contribution in [2.45, 2.75) is 43.6 Å². The first-order chi connectivity index (χ1) is 19.7. The van der Waals surface area contributed by atoms with Crippen molar-refractivity contribution in [3.63, 3.8) is 0 Å². The Hall–Kier alpha value is -4.26. The Bertz CT molecular complexity index is 1400. The van der Waals surface area contributed by atoms with Crippen LogP contribution in [0.25, 0.3) is 0 Å². The molecule has 2 amide bonds. The molecule has 2 atom stereocenters. The lowest BCUT2D eigenvalue weighted by Crippen LogP contribution is -2.54. The summed E-state index contributed by atoms with van der Waals surface area (Å²) in [5.41, 5.74) is 8.36. The van der Waals surface area contributed by atoms with Crippen molar-refractivity contribution in [1.82, 2.24) is 15.4 Å². The summed E-state index contributed by atoms with van der Waals surface area (Å²) in [7, 11) is -3.93. The maximum Gasteiger partial charge on any atom is 0.242 e. The average molecular weight is 582 g/mol. The molecule has 3 rings (SSSR count). The minimum absolute atomic E-state index is 0.0406. The second kappa shape index (κ2) is 15.5. The van der Waals surface area contributed by atoms with Crippen molar-refractivity contribution < 1.29 is 28.3 Å². The van der Waals surface area contributed by atoms with E-state index >= 15 is 0 Å². The number of oxime groups is 1. The zero-order valence-electron chi connectivity index (χ0n) is 22.4. The number of nitrogens with zero attached hydrogens (tertiary/aromatic N) is 1. The van der Waals surface area contributed by atoms with Crippen LogP contribution in [0.4, 0.5) is 0 Å². The SMILES string of the molecule is N/C(=N\O)c1ccc(CNC(=O)[C@H](CCc2ccccc2)NC(=O)[C@@H](CCO)NS(=O)(=O)Cc2ccccc2)cc1. The number of carbonyl (C=O) groups is 2. The second-order valence-electron chi connectivity index (χ2n) is 9.41. The van der Waals surface area contributed by atoms with E-state index in [1.807, 2.05) is 30.3 Å². The quantitative estimate of drug-likeness (QED) is 0.0678. The van der Waals surface area contributed by atoms with Gasteiger partial charge in [0.15, 0.2) is 5.84 Å². The lowest BCUT2D eigenvalue weighted by molar-refractivity contribution is -0.130. The third-order valence-electron chi connectivity index (χ3n) is 6.28. The summed E-state index contributed by atoms with van der Waals surface area (Å²) in [6.45, 7) is -0.287. The maximum absolute atomic E-state index is 13.2. The third-order valence-corrected chi connectivity index (χ3v) is 7.63. The van der Waals surface area contributed by atoms with Crippen molar-refractivity contribution in [3.05, 3.63) is 107 Å². The highest BCUT2D eigenvalue weighted by atomic mass is 32.2. The van der Waals surface area contributed by atoms with Gasteiger partial charge in [0.2, 0.25) is 21.8 Å². The minimum Gasteiger partial charge on any atom is -0.409 e. The van der Waals surface area contributed by atoms with Crippen molar-refractivity contribution in [3.8, 4) is 0 Å². The van der Waals surface area contributed by atoms with Gasteiger partial charge in [0.05, 0.1) is 5.75 Å². The van der Waals surface area contributed by atoms with E-state index in [4.69, 9.17) is 10.9 Å². The molecule has 3 aromatic rings. The average Bonchev–Trinajstić information content (AvgIpc) is 2.98. The number of aliphatic hydroxyl groups is 1. The van der Waals surface area contributed by atoms with E-state index < -0.39 is 40.5 Å². The summed E-state index contributed by atoms with van der Waals surface area (Å²) in [5.74, 6) is -1.55. The fourth-order valence-electron chi connectivity index (χ4n) is 4.08. The van der Waals surface area contributed by atoms with Gasteiger partial charge in [0.25, 0.3) is 0 Å². The summed E-state index contributed by atoms with van der Waals surface area (Å²) >= 11 is 0. The molecule has 0 fully saturated rings. The number of nitrogens with one attached hydrogen (secondary N) is 3. The number of rotatable bonds is 15. The number of aliphatic hydroxyl groups excluding tert-OH is 1. The standard InChI is InChI=1S/C29H35N5O6S/c30-27(33-38)24-14-11-22(12-15-24)19-31-28(36)25(16-13-21-7-3-1-4-8-21)32-29(37)26(17-18-35)34-41(39,40)20-23-9-5-2-6-10-23/h1-12,14-15,25-26,34-35,38H,13,16-20H2,(H2,30,33)(H,31,36)(H,32,37)/t25-,26+/m0/s1. The number of aryl methyl sites for hydroxylation is 1. The van der Waals surface area contributed by atoms with Gasteiger partial charge in [-0.3, -0.25) is 9.59 Å². The number of carbonyl (C=O) groups excluding carboxylic acids is 2. The number of benzene rings is 3. The van der Waals surface area contributed by atoms with E-state index in [1.165, 1.54) is 0 Å². The lowest BCUT2D eigenvalue weighted by atomic mass is 10.0. The fraction of sp³-hybridized carbons (Fsp3) is 0.276. The van der Waals surface area contributed by atoms with Gasteiger partial charge in [0.1, 0.15) is 12.1 Å². The molecule has 7 N–H and O–H groups in total. The Morgan fingerprint density at radius 1 is 0.805 bits per heavy atom. The molecule has 0 saturated heterocycles. The second-order valence-corrected chi connectivity index (χ2v) is 11.2. The highest BCUT2D eigenvalue weighted by Crippen LogP contribution is 2.10. The number of amidine groups is 1. The van der Waals surface area contributed by atoms with Crippen molar-refractivity contribution in [1.29, 1.82) is 0 Å². The van der Waals surface area contributed by atoms with Crippen LogP contribution in [0.1, 0.15) is 35.1 Å². The van der Waals surface area contributed by atoms with Crippen LogP contribution < -0.4 is 21.1 Å². The van der Waals surface area contributed by atoms with Gasteiger partial charge in [-0.05, 0) is 36.0 Å². The molecule has 0 saturated carbocycles. The summed E-state index contributed by atoms with van der Waals surface area (Å²) < 4.78 is 27.9. The molecule has 3 aromatic carbocycles. The molecule has 0 radical (unpaired) electrons. The summed E-state index contributed by atoms with van der Waals surface area (Å²) in [6.07, 6.45) is 0.574. The summed E-state index contributed by atoms with van der Waals surface area (Å²) in [4.78, 5) is 26.4. The highest BCUT2D eigenvalue weighted by Gasteiger charge is 2.28. The van der Waals surface area contributed by atoms with Crippen molar-refractivity contribution in [2.75, 3.05) is 6.61 Å². The minimum atomic E-state index is -3.93. The van der Waals surface area contributed by atoms with Gasteiger partial charge < -0.3 is 26.7 Å². The molecule has 0 bridgehead atoms. The molecule has 218 valence electrons. The molecule has 12 heteroatoms. The summed E-state index contributed by atoms with van der Waals surface area (Å²) in [5, 5.41) is 26.8. The van der Waals surface area contributed by atoms with Gasteiger partial charge in [-0.1, -0.05) is 90.1 Å². The van der Waals surface area contributed by atoms with Crippen LogP contribution in [0.15, 0.2) is 90.1 Å². The van der Waals surface area contributed by atoms with E-state index in [1.54, 1.807) is 54.6 Å². The number of hydrogen-bond acceptors (Lipinski definition) is 7. The number of amides is 2. The van der Waals surface area contributed by atoms with E-state index in [0.29, 0.717) is 17.5 Å². The topological polar surface area (TPSA) is 183 Å². The fourth-order valence-corrected chi connectivity index (χ4v) is 5.46. The Morgan fingerprint density at radius 2 is 1.41 bits per heavy atom. The van der Waals surface area contributed by atoms with Crippen LogP contribution in [0, 0.1) is 0 Å². The normalized spacial score (nSPS) is 13.2. The molecule has 0 aliphatic carbocycles. The number of nitrogens with two attached hydrogens (primary N) is 1. The summed E-state index contributed by atoms with van der Waals surface area (Å²) in [6, 6.07) is 22.4. The van der Waals surface area contributed by atoms with E-state index in [2.05, 4.69) is 20.5 Å². The predicted octanol–water partition coefficient (Wildman–Crippen LogP) is 1.39. The Labute approximate surface area is 239 Å². The maximum atomic E-state index is 13.2. The molecule has 0 heterocycles. The van der Waals surface area contributed by atoms with Crippen molar-refractivity contribution >= 4 is 27.7 Å². The van der Waals surface area contributed by atoms with Crippen LogP contribution in [-0.2, 0) is 38.3 Å². The molecule has 0 aliphatic rings. The first-order valence-corrected chi connectivity index (χ1v) is 14.7. The van der Waals surface area contributed by atoms with Gasteiger partial charge in [-0.15, -0.1) is 0 Å². The number of sulfonamides is 1. The van der Waals surface area contributed by atoms with Crippen LogP contribution in [0.5, 0.6) is 0 Å². The monoisotopic (exact) mass is 581 g/mol. The smallest absolute Gasteiger partial charge is 0.242 e. The molecular weight excluding hydrogens is 546 g/mol. The van der Waals surface area contributed by atoms with E-state index in [0.717, 1.165) is 11.1 Å². The van der Waals surface area contributed by atoms with Crippen LogP contribution >= 0.6 is 0 Å². The zero-order chi connectivity index (χ0) is 29.7. The largest absolute Gasteiger partial charge is 0.409 e. The van der Waals surface area contributed by atoms with Gasteiger partial charge >= 0.3 is 0 Å². The molecule has 0 aromatic heterocycles. The van der Waals surface area contributed by atoms with E-state index in [9.17, 15) is 23.1 Å². The van der Waals surface area contributed by atoms with Crippen LogP contribution in [-0.4, -0.2) is 55.1 Å². The van der Waals surface area contributed by atoms with E-state index in [-0.39, 0.29) is 31.0 Å². The lowest BCUT2D eigenvalue weighted by Gasteiger charge is -2.23. The predicted molar refractivity (Wildman–Crippen MR) is 155 cm³/mol. The first kappa shape index (κ1) is 31.3. The third kappa shape index (κ3) is 10.3. The Morgan fingerprint density at radius 3 is 2.00 bits per heavy atom. The van der Waals surface area contributed by atoms with Gasteiger partial charge in [0, 0.05) is 18.7 Å². The molecule has 0 unspecified atom stereocenters. The first-order valence-electron chi connectivity index (χ1n) is 13.0. The Kier molecular flexibility index (Phi) is 11.8. The number of hydrogen-bond donors (Lipinski definition) is 6. The van der Waals surface area contributed by atoms with Crippen molar-refractivity contribution in [2.24, 2.45) is 10.9 Å².